The van der Waals surface area contributed by atoms with Crippen LogP contribution in [0.5, 0.6) is 0 Å². The third kappa shape index (κ3) is 3.40. The van der Waals surface area contributed by atoms with Gasteiger partial charge in [0, 0.05) is 5.92 Å². The molecule has 0 saturated heterocycles. The molecule has 1 heterocycles. The van der Waals surface area contributed by atoms with Gasteiger partial charge in [0.05, 0.1) is 0 Å². The van der Waals surface area contributed by atoms with Crippen molar-refractivity contribution in [3.63, 3.8) is 0 Å². The van der Waals surface area contributed by atoms with Gasteiger partial charge in [-0.3, -0.25) is 4.79 Å². The van der Waals surface area contributed by atoms with Crippen molar-refractivity contribution >= 4 is 27.6 Å². The molecule has 3 heteroatoms. The topological polar surface area (TPSA) is 26.3 Å². The van der Waals surface area contributed by atoms with Crippen LogP contribution in [0.25, 0.3) is 10.8 Å². The molecule has 1 aliphatic heterocycles. The van der Waals surface area contributed by atoms with E-state index >= 15 is 0 Å². The molecule has 3 aromatic carbocycles. The molecular formula is C23H20O2S. The minimum Gasteiger partial charge on any atom is -0.481 e. The highest BCUT2D eigenvalue weighted by Gasteiger charge is 2.29. The van der Waals surface area contributed by atoms with E-state index in [1.807, 2.05) is 36.4 Å². The summed E-state index contributed by atoms with van der Waals surface area (Å²) < 4.78 is 6.12. The molecule has 4 rings (SSSR count). The summed E-state index contributed by atoms with van der Waals surface area (Å²) in [7, 11) is 0. The number of fused-ring (bicyclic) bond motifs is 1. The molecule has 0 fully saturated rings. The standard InChI is InChI=1S/C23H20O2S/c1-26-23(24)22-15-20(16-7-3-2-4-8-16)14-21(25-22)19-12-11-17-9-5-6-10-18(17)13-19/h2-13,15,20-21H,14H2,1H3/t20-,21-/m1/s1. The van der Waals surface area contributed by atoms with E-state index in [-0.39, 0.29) is 17.1 Å². The fourth-order valence-corrected chi connectivity index (χ4v) is 3.80. The van der Waals surface area contributed by atoms with Crippen LogP contribution in [-0.4, -0.2) is 11.4 Å². The number of rotatable bonds is 3. The van der Waals surface area contributed by atoms with E-state index in [9.17, 15) is 4.79 Å². The van der Waals surface area contributed by atoms with E-state index in [4.69, 9.17) is 4.74 Å². The van der Waals surface area contributed by atoms with Crippen molar-refractivity contribution in [3.05, 3.63) is 95.8 Å². The minimum atomic E-state index is -0.124. The molecule has 0 N–H and O–H groups in total. The molecule has 3 aromatic rings. The second kappa shape index (κ2) is 7.38. The maximum absolute atomic E-state index is 12.3. The summed E-state index contributed by atoms with van der Waals surface area (Å²) in [6.45, 7) is 0. The normalized spacial score (nSPS) is 19.7. The Bertz CT molecular complexity index is 962. The quantitative estimate of drug-likeness (QED) is 0.585. The largest absolute Gasteiger partial charge is 0.481 e. The number of carbonyl (C=O) groups is 1. The van der Waals surface area contributed by atoms with Gasteiger partial charge in [-0.25, -0.2) is 0 Å². The van der Waals surface area contributed by atoms with Gasteiger partial charge in [0.1, 0.15) is 6.10 Å². The summed E-state index contributed by atoms with van der Waals surface area (Å²) in [6, 6.07) is 25.1. The van der Waals surface area contributed by atoms with Gasteiger partial charge in [-0.15, -0.1) is 0 Å². The van der Waals surface area contributed by atoms with Crippen molar-refractivity contribution in [2.45, 2.75) is 18.4 Å². The van der Waals surface area contributed by atoms with E-state index in [0.717, 1.165) is 12.0 Å². The number of benzene rings is 3. The first-order valence-electron chi connectivity index (χ1n) is 8.75. The van der Waals surface area contributed by atoms with E-state index < -0.39 is 0 Å². The van der Waals surface area contributed by atoms with Gasteiger partial charge in [-0.05, 0) is 46.7 Å². The highest BCUT2D eigenvalue weighted by atomic mass is 32.2. The zero-order valence-corrected chi connectivity index (χ0v) is 15.4. The summed E-state index contributed by atoms with van der Waals surface area (Å²) in [5.41, 5.74) is 2.33. The van der Waals surface area contributed by atoms with Crippen LogP contribution in [0, 0.1) is 0 Å². The van der Waals surface area contributed by atoms with Gasteiger partial charge in [0.15, 0.2) is 5.76 Å². The van der Waals surface area contributed by atoms with Gasteiger partial charge < -0.3 is 4.74 Å². The third-order valence-corrected chi connectivity index (χ3v) is 5.42. The van der Waals surface area contributed by atoms with Crippen LogP contribution in [-0.2, 0) is 9.53 Å². The van der Waals surface area contributed by atoms with Crippen LogP contribution in [0.4, 0.5) is 0 Å². The predicted octanol–water partition coefficient (Wildman–Crippen LogP) is 5.86. The van der Waals surface area contributed by atoms with E-state index in [0.29, 0.717) is 5.76 Å². The second-order valence-electron chi connectivity index (χ2n) is 6.49. The predicted molar refractivity (Wildman–Crippen MR) is 108 cm³/mol. The Morgan fingerprint density at radius 3 is 2.42 bits per heavy atom. The fraction of sp³-hybridized carbons (Fsp3) is 0.174. The van der Waals surface area contributed by atoms with Crippen LogP contribution in [0.1, 0.15) is 29.6 Å². The van der Waals surface area contributed by atoms with Crippen LogP contribution in [0.2, 0.25) is 0 Å². The summed E-state index contributed by atoms with van der Waals surface area (Å²) >= 11 is 1.20. The maximum Gasteiger partial charge on any atom is 0.253 e. The molecule has 0 saturated carbocycles. The van der Waals surface area contributed by atoms with Crippen LogP contribution in [0.3, 0.4) is 0 Å². The molecule has 2 atom stereocenters. The summed E-state index contributed by atoms with van der Waals surface area (Å²) in [5, 5.41) is 2.39. The summed E-state index contributed by atoms with van der Waals surface area (Å²) in [4.78, 5) is 12.3. The van der Waals surface area contributed by atoms with Crippen LogP contribution < -0.4 is 0 Å². The van der Waals surface area contributed by atoms with Crippen molar-refractivity contribution in [2.24, 2.45) is 0 Å². The highest BCUT2D eigenvalue weighted by molar-refractivity contribution is 8.13. The lowest BCUT2D eigenvalue weighted by molar-refractivity contribution is -0.112. The number of carbonyl (C=O) groups excluding carboxylic acids is 1. The van der Waals surface area contributed by atoms with Crippen LogP contribution in [0.15, 0.2) is 84.6 Å². The number of allylic oxidation sites excluding steroid dienone is 1. The molecule has 0 amide bonds. The average molecular weight is 360 g/mol. The number of hydrogen-bond donors (Lipinski definition) is 0. The second-order valence-corrected chi connectivity index (χ2v) is 7.27. The van der Waals surface area contributed by atoms with Gasteiger partial charge >= 0.3 is 0 Å². The van der Waals surface area contributed by atoms with Gasteiger partial charge in [-0.2, -0.15) is 0 Å². The summed E-state index contributed by atoms with van der Waals surface area (Å²) in [6.07, 6.45) is 4.48. The Kier molecular flexibility index (Phi) is 4.81. The van der Waals surface area contributed by atoms with E-state index in [1.165, 1.54) is 28.1 Å². The van der Waals surface area contributed by atoms with Crippen molar-refractivity contribution in [1.29, 1.82) is 0 Å². The lowest BCUT2D eigenvalue weighted by atomic mass is 9.88. The van der Waals surface area contributed by atoms with Crippen molar-refractivity contribution in [2.75, 3.05) is 6.26 Å². The van der Waals surface area contributed by atoms with E-state index in [2.05, 4.69) is 42.5 Å². The SMILES string of the molecule is CSC(=O)C1=C[C@H](c2ccccc2)C[C@H](c2ccc3ccccc3c2)O1. The molecule has 0 aromatic heterocycles. The van der Waals surface area contributed by atoms with Crippen molar-refractivity contribution in [3.8, 4) is 0 Å². The Morgan fingerprint density at radius 2 is 1.65 bits per heavy atom. The Labute approximate surface area is 157 Å². The Morgan fingerprint density at radius 1 is 0.923 bits per heavy atom. The number of thioether (sulfide) groups is 1. The monoisotopic (exact) mass is 360 g/mol. The lowest BCUT2D eigenvalue weighted by Gasteiger charge is -2.29. The Balaban J connectivity index is 1.71. The third-order valence-electron chi connectivity index (χ3n) is 4.85. The zero-order chi connectivity index (χ0) is 17.9. The maximum atomic E-state index is 12.3. The first-order chi connectivity index (χ1) is 12.7. The molecule has 0 unspecified atom stereocenters. The average Bonchev–Trinajstić information content (AvgIpc) is 2.73. The van der Waals surface area contributed by atoms with Crippen LogP contribution >= 0.6 is 11.8 Å². The number of hydrogen-bond acceptors (Lipinski definition) is 3. The molecule has 2 nitrogen and oxygen atoms in total. The first-order valence-corrected chi connectivity index (χ1v) is 9.97. The molecule has 0 spiro atoms. The molecule has 0 bridgehead atoms. The lowest BCUT2D eigenvalue weighted by Crippen LogP contribution is -2.18. The van der Waals surface area contributed by atoms with Crippen molar-refractivity contribution < 1.29 is 9.53 Å². The van der Waals surface area contributed by atoms with Gasteiger partial charge in [0.25, 0.3) is 5.12 Å². The van der Waals surface area contributed by atoms with E-state index in [1.54, 1.807) is 6.26 Å². The minimum absolute atomic E-state index is 0.0172. The molecule has 130 valence electrons. The zero-order valence-electron chi connectivity index (χ0n) is 14.6. The molecule has 1 aliphatic rings. The first kappa shape index (κ1) is 16.9. The number of ether oxygens (including phenoxy) is 1. The molecule has 26 heavy (non-hydrogen) atoms. The highest BCUT2D eigenvalue weighted by Crippen LogP contribution is 2.40. The van der Waals surface area contributed by atoms with Crippen molar-refractivity contribution in [1.82, 2.24) is 0 Å². The van der Waals surface area contributed by atoms with Gasteiger partial charge in [0.2, 0.25) is 0 Å². The molecule has 0 radical (unpaired) electrons. The summed E-state index contributed by atoms with van der Waals surface area (Å²) in [5.74, 6) is 0.642. The smallest absolute Gasteiger partial charge is 0.253 e. The fourth-order valence-electron chi connectivity index (χ4n) is 3.48. The Hall–Kier alpha value is -2.52. The van der Waals surface area contributed by atoms with Gasteiger partial charge in [-0.1, -0.05) is 78.5 Å². The molecule has 0 aliphatic carbocycles. The molecular weight excluding hydrogens is 340 g/mol.